The molecule has 0 unspecified atom stereocenters. The van der Waals surface area contributed by atoms with Gasteiger partial charge in [0.2, 0.25) is 5.91 Å². The minimum absolute atomic E-state index is 0.00512. The first kappa shape index (κ1) is 14.7. The number of carbonyl (C=O) groups is 2. The number of rotatable bonds is 4. The predicted molar refractivity (Wildman–Crippen MR) is 74.8 cm³/mol. The van der Waals surface area contributed by atoms with Gasteiger partial charge in [0.25, 0.3) is 0 Å². The number of hydrogen-bond acceptors (Lipinski definition) is 2. The molecule has 1 aliphatic rings. The summed E-state index contributed by atoms with van der Waals surface area (Å²) in [6.45, 7) is 0.851. The quantitative estimate of drug-likeness (QED) is 0.848. The summed E-state index contributed by atoms with van der Waals surface area (Å²) in [5.41, 5.74) is 0.788. The molecule has 0 aromatic heterocycles. The number of likely N-dealkylation sites (tertiary alicyclic amines) is 1. The summed E-state index contributed by atoms with van der Waals surface area (Å²) in [6.07, 6.45) is 4.91. The van der Waals surface area contributed by atoms with Crippen molar-refractivity contribution in [3.8, 4) is 0 Å². The molecule has 1 fully saturated rings. The topological polar surface area (TPSA) is 37.4 Å². The monoisotopic (exact) mass is 277 g/mol. The van der Waals surface area contributed by atoms with Crippen LogP contribution < -0.4 is 0 Å². The fraction of sp³-hybridized carbons (Fsp3) is 0.500. The Bertz CT molecular complexity index is 470. The Morgan fingerprint density at radius 3 is 2.55 bits per heavy atom. The molecule has 0 saturated carbocycles. The zero-order valence-electron chi connectivity index (χ0n) is 11.6. The second kappa shape index (κ2) is 7.17. The molecular weight excluding hydrogens is 257 g/mol. The van der Waals surface area contributed by atoms with Crippen molar-refractivity contribution in [3.05, 3.63) is 35.6 Å². The lowest BCUT2D eigenvalue weighted by molar-refractivity contribution is -0.135. The Morgan fingerprint density at radius 1 is 1.10 bits per heavy atom. The van der Waals surface area contributed by atoms with Gasteiger partial charge in [-0.3, -0.25) is 9.59 Å². The predicted octanol–water partition coefficient (Wildman–Crippen LogP) is 2.73. The first-order chi connectivity index (χ1) is 9.65. The lowest BCUT2D eigenvalue weighted by Crippen LogP contribution is -2.37. The second-order valence-electron chi connectivity index (χ2n) is 5.32. The van der Waals surface area contributed by atoms with Crippen molar-refractivity contribution in [2.75, 3.05) is 13.1 Å². The molecule has 4 heteroatoms. The van der Waals surface area contributed by atoms with Gasteiger partial charge in [0, 0.05) is 19.4 Å². The molecular formula is C16H20FNO2. The SMILES string of the molecule is O=C(Cc1ccc(F)cc1)CN1CCCCCCC1=O. The van der Waals surface area contributed by atoms with Gasteiger partial charge in [-0.25, -0.2) is 4.39 Å². The molecule has 1 saturated heterocycles. The highest BCUT2D eigenvalue weighted by atomic mass is 19.1. The number of ketones is 1. The zero-order chi connectivity index (χ0) is 14.4. The molecule has 1 aliphatic heterocycles. The molecule has 3 nitrogen and oxygen atoms in total. The van der Waals surface area contributed by atoms with Crippen LogP contribution in [-0.4, -0.2) is 29.7 Å². The number of carbonyl (C=O) groups excluding carboxylic acids is 2. The molecule has 0 radical (unpaired) electrons. The molecule has 2 rings (SSSR count). The van der Waals surface area contributed by atoms with E-state index >= 15 is 0 Å². The van der Waals surface area contributed by atoms with Crippen LogP contribution in [0.1, 0.15) is 37.7 Å². The molecule has 0 N–H and O–H groups in total. The molecule has 0 aliphatic carbocycles. The number of hydrogen-bond donors (Lipinski definition) is 0. The second-order valence-corrected chi connectivity index (χ2v) is 5.32. The fourth-order valence-corrected chi connectivity index (χ4v) is 2.48. The average Bonchev–Trinajstić information content (AvgIpc) is 2.41. The van der Waals surface area contributed by atoms with E-state index in [4.69, 9.17) is 0 Å². The maximum absolute atomic E-state index is 12.8. The van der Waals surface area contributed by atoms with Crippen LogP contribution in [0.4, 0.5) is 4.39 Å². The minimum atomic E-state index is -0.305. The van der Waals surface area contributed by atoms with Crippen LogP contribution in [0.15, 0.2) is 24.3 Å². The third-order valence-electron chi connectivity index (χ3n) is 3.60. The summed E-state index contributed by atoms with van der Waals surface area (Å²) in [5.74, 6) is -0.220. The van der Waals surface area contributed by atoms with Crippen LogP contribution >= 0.6 is 0 Å². The summed E-state index contributed by atoms with van der Waals surface area (Å²) in [6, 6.07) is 5.93. The molecule has 1 amide bonds. The highest BCUT2D eigenvalue weighted by Gasteiger charge is 2.18. The van der Waals surface area contributed by atoms with E-state index in [0.717, 1.165) is 31.2 Å². The van der Waals surface area contributed by atoms with E-state index in [1.54, 1.807) is 17.0 Å². The number of halogens is 1. The number of amides is 1. The van der Waals surface area contributed by atoms with Gasteiger partial charge >= 0.3 is 0 Å². The normalized spacial score (nSPS) is 16.6. The summed E-state index contributed by atoms with van der Waals surface area (Å²) in [4.78, 5) is 25.6. The largest absolute Gasteiger partial charge is 0.335 e. The smallest absolute Gasteiger partial charge is 0.222 e. The summed E-state index contributed by atoms with van der Waals surface area (Å²) < 4.78 is 12.8. The van der Waals surface area contributed by atoms with Crippen LogP contribution in [0.5, 0.6) is 0 Å². The summed E-state index contributed by atoms with van der Waals surface area (Å²) in [5, 5.41) is 0. The molecule has 1 heterocycles. The average molecular weight is 277 g/mol. The first-order valence-electron chi connectivity index (χ1n) is 7.19. The third kappa shape index (κ3) is 4.44. The van der Waals surface area contributed by atoms with Crippen LogP contribution in [0.25, 0.3) is 0 Å². The van der Waals surface area contributed by atoms with E-state index in [1.807, 2.05) is 0 Å². The van der Waals surface area contributed by atoms with Crippen molar-refractivity contribution in [2.45, 2.75) is 38.5 Å². The van der Waals surface area contributed by atoms with Crippen LogP contribution in [0.3, 0.4) is 0 Å². The van der Waals surface area contributed by atoms with Gasteiger partial charge in [-0.2, -0.15) is 0 Å². The molecule has 20 heavy (non-hydrogen) atoms. The van der Waals surface area contributed by atoms with E-state index in [9.17, 15) is 14.0 Å². The molecule has 0 spiro atoms. The lowest BCUT2D eigenvalue weighted by Gasteiger charge is -2.24. The van der Waals surface area contributed by atoms with Crippen molar-refractivity contribution < 1.29 is 14.0 Å². The van der Waals surface area contributed by atoms with E-state index in [-0.39, 0.29) is 30.5 Å². The Morgan fingerprint density at radius 2 is 1.80 bits per heavy atom. The minimum Gasteiger partial charge on any atom is -0.335 e. The number of benzene rings is 1. The van der Waals surface area contributed by atoms with Crippen molar-refractivity contribution in [3.63, 3.8) is 0 Å². The Kier molecular flexibility index (Phi) is 5.27. The molecule has 0 atom stereocenters. The standard InChI is InChI=1S/C16H20FNO2/c17-14-8-6-13(7-9-14)11-15(19)12-18-10-4-2-1-3-5-16(18)20/h6-9H,1-5,10-12H2. The van der Waals surface area contributed by atoms with Crippen molar-refractivity contribution in [1.82, 2.24) is 4.90 Å². The molecule has 0 bridgehead atoms. The van der Waals surface area contributed by atoms with Crippen LogP contribution in [-0.2, 0) is 16.0 Å². The highest BCUT2D eigenvalue weighted by molar-refractivity contribution is 5.87. The summed E-state index contributed by atoms with van der Waals surface area (Å²) in [7, 11) is 0. The molecule has 1 aromatic rings. The van der Waals surface area contributed by atoms with Crippen molar-refractivity contribution in [1.29, 1.82) is 0 Å². The number of nitrogens with zero attached hydrogens (tertiary/aromatic N) is 1. The van der Waals surface area contributed by atoms with Crippen molar-refractivity contribution in [2.24, 2.45) is 0 Å². The van der Waals surface area contributed by atoms with Gasteiger partial charge in [-0.15, -0.1) is 0 Å². The Hall–Kier alpha value is -1.71. The molecule has 108 valence electrons. The van der Waals surface area contributed by atoms with Gasteiger partial charge < -0.3 is 4.90 Å². The molecule has 1 aromatic carbocycles. The van der Waals surface area contributed by atoms with Gasteiger partial charge in [0.1, 0.15) is 5.82 Å². The van der Waals surface area contributed by atoms with E-state index < -0.39 is 0 Å². The van der Waals surface area contributed by atoms with Gasteiger partial charge in [-0.1, -0.05) is 25.0 Å². The van der Waals surface area contributed by atoms with Gasteiger partial charge in [-0.05, 0) is 30.5 Å². The van der Waals surface area contributed by atoms with Crippen LogP contribution in [0, 0.1) is 5.82 Å². The van der Waals surface area contributed by atoms with Gasteiger partial charge in [0.05, 0.1) is 6.54 Å². The Labute approximate surface area is 118 Å². The Balaban J connectivity index is 1.89. The third-order valence-corrected chi connectivity index (χ3v) is 3.60. The van der Waals surface area contributed by atoms with E-state index in [0.29, 0.717) is 13.0 Å². The summed E-state index contributed by atoms with van der Waals surface area (Å²) >= 11 is 0. The zero-order valence-corrected chi connectivity index (χ0v) is 11.6. The van der Waals surface area contributed by atoms with E-state index in [1.165, 1.54) is 12.1 Å². The fourth-order valence-electron chi connectivity index (χ4n) is 2.48. The van der Waals surface area contributed by atoms with Gasteiger partial charge in [0.15, 0.2) is 5.78 Å². The number of Topliss-reactive ketones (excluding diaryl/α,β-unsaturated/α-hetero) is 1. The maximum atomic E-state index is 12.8. The maximum Gasteiger partial charge on any atom is 0.222 e. The van der Waals surface area contributed by atoms with Crippen LogP contribution in [0.2, 0.25) is 0 Å². The van der Waals surface area contributed by atoms with Crippen molar-refractivity contribution >= 4 is 11.7 Å². The van der Waals surface area contributed by atoms with E-state index in [2.05, 4.69) is 0 Å². The first-order valence-corrected chi connectivity index (χ1v) is 7.19. The lowest BCUT2D eigenvalue weighted by atomic mass is 10.1. The highest BCUT2D eigenvalue weighted by Crippen LogP contribution is 2.12.